The van der Waals surface area contributed by atoms with Crippen LogP contribution in [0.25, 0.3) is 11.1 Å². The fraction of sp³-hybridized carbons (Fsp3) is 0.143. The number of thiol groups is 1. The third-order valence-corrected chi connectivity index (χ3v) is 8.08. The Morgan fingerprint density at radius 2 is 1.19 bits per heavy atom. The number of fused-ring (bicyclic) bond motifs is 3. The second-order valence-electron chi connectivity index (χ2n) is 7.55. The number of hydrogen-bond donors (Lipinski definition) is 1. The van der Waals surface area contributed by atoms with Gasteiger partial charge < -0.3 is 14.2 Å². The van der Waals surface area contributed by atoms with Gasteiger partial charge in [0.1, 0.15) is 18.1 Å². The van der Waals surface area contributed by atoms with E-state index in [1.54, 1.807) is 0 Å². The zero-order chi connectivity index (χ0) is 21.8. The van der Waals surface area contributed by atoms with Crippen molar-refractivity contribution in [2.24, 2.45) is 0 Å². The van der Waals surface area contributed by atoms with Gasteiger partial charge in [0.25, 0.3) is 0 Å². The summed E-state index contributed by atoms with van der Waals surface area (Å²) in [5.74, 6) is 1.67. The first-order valence-corrected chi connectivity index (χ1v) is 12.2. The van der Waals surface area contributed by atoms with E-state index in [9.17, 15) is 0 Å². The lowest BCUT2D eigenvalue weighted by molar-refractivity contribution is 0.0224. The molecule has 1 aliphatic heterocycles. The first-order chi connectivity index (χ1) is 15.8. The van der Waals surface area contributed by atoms with Gasteiger partial charge in [0, 0.05) is 16.4 Å². The van der Waals surface area contributed by atoms with E-state index in [-0.39, 0.29) is 6.79 Å². The molecule has 1 aliphatic rings. The maximum atomic E-state index is 6.03. The third kappa shape index (κ3) is 4.24. The van der Waals surface area contributed by atoms with Crippen LogP contribution in [0, 0.1) is 0 Å². The molecule has 0 saturated heterocycles. The van der Waals surface area contributed by atoms with Crippen molar-refractivity contribution in [3.8, 4) is 22.6 Å². The van der Waals surface area contributed by atoms with Gasteiger partial charge in [-0.15, -0.1) is 0 Å². The lowest BCUT2D eigenvalue weighted by atomic mass is 10.1. The molecule has 32 heavy (non-hydrogen) atoms. The lowest BCUT2D eigenvalue weighted by Crippen LogP contribution is -2.02. The summed E-state index contributed by atoms with van der Waals surface area (Å²) in [6, 6.07) is 34.1. The zero-order valence-corrected chi connectivity index (χ0v) is 18.9. The molecule has 3 nitrogen and oxygen atoms in total. The van der Waals surface area contributed by atoms with Crippen molar-refractivity contribution in [1.82, 2.24) is 0 Å². The van der Waals surface area contributed by atoms with Crippen LogP contribution in [-0.4, -0.2) is 13.4 Å². The summed E-state index contributed by atoms with van der Waals surface area (Å²) in [5, 5.41) is 0. The van der Waals surface area contributed by atoms with Crippen LogP contribution in [0.15, 0.2) is 112 Å². The second kappa shape index (κ2) is 9.51. The van der Waals surface area contributed by atoms with Gasteiger partial charge >= 0.3 is 0 Å². The van der Waals surface area contributed by atoms with Crippen molar-refractivity contribution in [3.63, 3.8) is 0 Å². The van der Waals surface area contributed by atoms with Crippen molar-refractivity contribution in [2.75, 3.05) is 13.4 Å². The summed E-state index contributed by atoms with van der Waals surface area (Å²) in [7, 11) is -0.527. The first-order valence-electron chi connectivity index (χ1n) is 10.8. The van der Waals surface area contributed by atoms with Gasteiger partial charge in [0.05, 0.1) is 0 Å². The Labute approximate surface area is 191 Å². The molecule has 0 spiro atoms. The quantitative estimate of drug-likeness (QED) is 0.158. The fourth-order valence-corrected chi connectivity index (χ4v) is 6.54. The van der Waals surface area contributed by atoms with Crippen LogP contribution in [0.2, 0.25) is 0 Å². The van der Waals surface area contributed by atoms with Gasteiger partial charge in [-0.05, 0) is 77.0 Å². The molecule has 4 heteroatoms. The van der Waals surface area contributed by atoms with Gasteiger partial charge in [-0.3, -0.25) is 0 Å². The number of benzene rings is 4. The highest BCUT2D eigenvalue weighted by molar-refractivity contribution is 8.17. The van der Waals surface area contributed by atoms with Crippen LogP contribution in [0.4, 0.5) is 0 Å². The Balaban J connectivity index is 1.27. The van der Waals surface area contributed by atoms with Gasteiger partial charge in [-0.25, -0.2) is 0 Å². The van der Waals surface area contributed by atoms with Crippen LogP contribution >= 0.6 is 10.9 Å². The van der Waals surface area contributed by atoms with Crippen molar-refractivity contribution < 1.29 is 14.2 Å². The topological polar surface area (TPSA) is 27.7 Å². The summed E-state index contributed by atoms with van der Waals surface area (Å²) < 4.78 is 16.8. The predicted octanol–water partition coefficient (Wildman–Crippen LogP) is 7.10. The summed E-state index contributed by atoms with van der Waals surface area (Å²) in [6.07, 6.45) is 0. The molecule has 162 valence electrons. The van der Waals surface area contributed by atoms with Crippen LogP contribution < -0.4 is 9.47 Å². The summed E-state index contributed by atoms with van der Waals surface area (Å²) in [6.45, 7) is 3.39. The highest BCUT2D eigenvalue weighted by Crippen LogP contribution is 2.62. The standard InChI is InChI=1S/C28H26O3S/c1-2-29-20-31-23-13-11-21(12-14-23)19-30-22-15-17-24(18-16-22)32-27-9-5-3-7-25(27)26-8-4-6-10-28(26)32/h3-18,32H,2,19-20H2,1H3. The summed E-state index contributed by atoms with van der Waals surface area (Å²) in [5.41, 5.74) is 3.83. The molecule has 0 atom stereocenters. The number of ether oxygens (including phenoxy) is 3. The Morgan fingerprint density at radius 1 is 0.625 bits per heavy atom. The minimum atomic E-state index is -0.527. The van der Waals surface area contributed by atoms with E-state index in [1.807, 2.05) is 31.2 Å². The number of rotatable bonds is 8. The third-order valence-electron chi connectivity index (χ3n) is 5.52. The molecular formula is C28H26O3S. The molecule has 0 aromatic heterocycles. The van der Waals surface area contributed by atoms with E-state index < -0.39 is 10.9 Å². The van der Waals surface area contributed by atoms with E-state index in [1.165, 1.54) is 25.8 Å². The fourth-order valence-electron chi connectivity index (χ4n) is 3.93. The van der Waals surface area contributed by atoms with Crippen LogP contribution in [0.5, 0.6) is 11.5 Å². The molecule has 0 radical (unpaired) electrons. The molecule has 1 heterocycles. The lowest BCUT2D eigenvalue weighted by Gasteiger charge is -2.19. The molecule has 0 fully saturated rings. The second-order valence-corrected chi connectivity index (χ2v) is 9.70. The Hall–Kier alpha value is -3.21. The van der Waals surface area contributed by atoms with Crippen molar-refractivity contribution in [2.45, 2.75) is 28.2 Å². The molecule has 4 aromatic carbocycles. The number of hydrogen-bond acceptors (Lipinski definition) is 3. The maximum absolute atomic E-state index is 6.03. The van der Waals surface area contributed by atoms with Gasteiger partial charge in [-0.1, -0.05) is 48.5 Å². The van der Waals surface area contributed by atoms with Crippen molar-refractivity contribution in [1.29, 1.82) is 0 Å². The van der Waals surface area contributed by atoms with E-state index >= 15 is 0 Å². The Bertz CT molecular complexity index is 1140. The molecule has 0 unspecified atom stereocenters. The summed E-state index contributed by atoms with van der Waals surface area (Å²) in [4.78, 5) is 4.22. The van der Waals surface area contributed by atoms with Crippen LogP contribution in [0.1, 0.15) is 12.5 Å². The smallest absolute Gasteiger partial charge is 0.189 e. The maximum Gasteiger partial charge on any atom is 0.189 e. The molecule has 5 rings (SSSR count). The van der Waals surface area contributed by atoms with Crippen molar-refractivity contribution >= 4 is 10.9 Å². The van der Waals surface area contributed by atoms with Gasteiger partial charge in [0.2, 0.25) is 0 Å². The van der Waals surface area contributed by atoms with E-state index in [0.717, 1.165) is 17.1 Å². The molecule has 0 aliphatic carbocycles. The van der Waals surface area contributed by atoms with E-state index in [4.69, 9.17) is 14.2 Å². The van der Waals surface area contributed by atoms with Crippen molar-refractivity contribution in [3.05, 3.63) is 103 Å². The van der Waals surface area contributed by atoms with Crippen LogP contribution in [0.3, 0.4) is 0 Å². The highest BCUT2D eigenvalue weighted by atomic mass is 32.2. The largest absolute Gasteiger partial charge is 0.489 e. The zero-order valence-electron chi connectivity index (χ0n) is 18.0. The molecule has 0 N–H and O–H groups in total. The highest BCUT2D eigenvalue weighted by Gasteiger charge is 2.26. The summed E-state index contributed by atoms with van der Waals surface area (Å²) >= 11 is 0. The normalized spacial score (nSPS) is 12.8. The SMILES string of the molecule is CCOCOc1ccc(COc2ccc([SH]3c4ccccc4-c4ccccc43)cc2)cc1. The van der Waals surface area contributed by atoms with E-state index in [0.29, 0.717) is 13.2 Å². The molecule has 0 saturated carbocycles. The Morgan fingerprint density at radius 3 is 1.81 bits per heavy atom. The molecule has 0 amide bonds. The average Bonchev–Trinajstić information content (AvgIpc) is 3.19. The van der Waals surface area contributed by atoms with Crippen LogP contribution in [-0.2, 0) is 11.3 Å². The van der Waals surface area contributed by atoms with E-state index in [2.05, 4.69) is 72.8 Å². The molecule has 0 bridgehead atoms. The first kappa shape index (κ1) is 20.7. The van der Waals surface area contributed by atoms with Gasteiger partial charge in [-0.2, -0.15) is 10.9 Å². The monoisotopic (exact) mass is 442 g/mol. The average molecular weight is 443 g/mol. The Kier molecular flexibility index (Phi) is 6.15. The predicted molar refractivity (Wildman–Crippen MR) is 130 cm³/mol. The van der Waals surface area contributed by atoms with Gasteiger partial charge in [0.15, 0.2) is 6.79 Å². The minimum absolute atomic E-state index is 0.274. The minimum Gasteiger partial charge on any atom is -0.489 e. The molecule has 4 aromatic rings. The molecular weight excluding hydrogens is 416 g/mol.